The van der Waals surface area contributed by atoms with Crippen LogP contribution in [0.1, 0.15) is 5.56 Å². The van der Waals surface area contributed by atoms with Gasteiger partial charge >= 0.3 is 6.03 Å². The molecular weight excluding hydrogens is 434 g/mol. The van der Waals surface area contributed by atoms with Gasteiger partial charge in [0.2, 0.25) is 0 Å². The van der Waals surface area contributed by atoms with E-state index in [9.17, 15) is 4.79 Å². The first kappa shape index (κ1) is 20.7. The molecule has 2 aromatic carbocycles. The largest absolute Gasteiger partial charge is 0.383 e. The van der Waals surface area contributed by atoms with Crippen LogP contribution in [-0.2, 0) is 13.6 Å². The number of thiophene rings is 1. The van der Waals surface area contributed by atoms with E-state index in [2.05, 4.69) is 25.6 Å². The van der Waals surface area contributed by atoms with Gasteiger partial charge in [-0.15, -0.1) is 11.3 Å². The summed E-state index contributed by atoms with van der Waals surface area (Å²) in [5, 5.41) is 6.56. The molecule has 3 heterocycles. The summed E-state index contributed by atoms with van der Waals surface area (Å²) >= 11 is 1.55. The third-order valence-corrected chi connectivity index (χ3v) is 6.29. The fraction of sp³-hybridized carbons (Fsp3) is 0.0833. The van der Waals surface area contributed by atoms with Crippen molar-refractivity contribution in [2.75, 3.05) is 11.1 Å². The van der Waals surface area contributed by atoms with E-state index in [0.717, 1.165) is 37.6 Å². The van der Waals surface area contributed by atoms with Gasteiger partial charge < -0.3 is 20.9 Å². The Morgan fingerprint density at radius 1 is 1.06 bits per heavy atom. The summed E-state index contributed by atoms with van der Waals surface area (Å²) in [4.78, 5) is 27.1. The van der Waals surface area contributed by atoms with E-state index < -0.39 is 0 Å². The maximum atomic E-state index is 12.2. The Balaban J connectivity index is 1.34. The van der Waals surface area contributed by atoms with Crippen molar-refractivity contribution in [3.05, 3.63) is 78.9 Å². The Morgan fingerprint density at radius 3 is 2.61 bits per heavy atom. The van der Waals surface area contributed by atoms with Crippen LogP contribution >= 0.6 is 11.3 Å². The Bertz CT molecular complexity index is 1420. The first-order valence-electron chi connectivity index (χ1n) is 10.3. The van der Waals surface area contributed by atoms with Crippen LogP contribution < -0.4 is 16.4 Å². The highest BCUT2D eigenvalue weighted by molar-refractivity contribution is 7.21. The second kappa shape index (κ2) is 8.71. The van der Waals surface area contributed by atoms with Crippen molar-refractivity contribution < 1.29 is 4.79 Å². The van der Waals surface area contributed by atoms with Gasteiger partial charge in [0.25, 0.3) is 0 Å². The van der Waals surface area contributed by atoms with Gasteiger partial charge in [0.1, 0.15) is 17.0 Å². The minimum Gasteiger partial charge on any atom is -0.383 e. The van der Waals surface area contributed by atoms with Gasteiger partial charge in [0.05, 0.1) is 28.0 Å². The molecule has 2 amide bonds. The zero-order chi connectivity index (χ0) is 22.8. The summed E-state index contributed by atoms with van der Waals surface area (Å²) in [5.41, 5.74) is 10.5. The van der Waals surface area contributed by atoms with E-state index in [0.29, 0.717) is 18.1 Å². The normalized spacial score (nSPS) is 10.9. The van der Waals surface area contributed by atoms with Gasteiger partial charge in [-0.05, 0) is 23.8 Å². The molecule has 0 aliphatic heterocycles. The number of aryl methyl sites for hydroxylation is 1. The van der Waals surface area contributed by atoms with Crippen LogP contribution in [0.4, 0.5) is 16.3 Å². The van der Waals surface area contributed by atoms with E-state index in [-0.39, 0.29) is 6.03 Å². The van der Waals surface area contributed by atoms with E-state index in [1.807, 2.05) is 72.3 Å². The Kier molecular flexibility index (Phi) is 5.45. The highest BCUT2D eigenvalue weighted by atomic mass is 32.1. The molecule has 0 saturated heterocycles. The number of nitrogens with zero attached hydrogens (tertiary/aromatic N) is 4. The van der Waals surface area contributed by atoms with E-state index in [1.54, 1.807) is 17.7 Å². The zero-order valence-corrected chi connectivity index (χ0v) is 18.6. The summed E-state index contributed by atoms with van der Waals surface area (Å²) in [5.74, 6) is 0.465. The lowest BCUT2D eigenvalue weighted by Crippen LogP contribution is -2.28. The predicted octanol–water partition coefficient (Wildman–Crippen LogP) is 4.66. The molecule has 8 nitrogen and oxygen atoms in total. The number of nitrogen functional groups attached to an aromatic ring is 1. The molecule has 3 aromatic heterocycles. The van der Waals surface area contributed by atoms with Gasteiger partial charge in [-0.25, -0.2) is 19.7 Å². The minimum absolute atomic E-state index is 0.255. The fourth-order valence-corrected chi connectivity index (χ4v) is 4.68. The number of imidazole rings is 1. The van der Waals surface area contributed by atoms with Crippen LogP contribution in [0.15, 0.2) is 73.3 Å². The molecule has 164 valence electrons. The SMILES string of the molecule is Cn1cnc(-c2ccc(NC(=O)NCc3ccccc3)cc2)c1-c1cc2c(N)ncnc2s1. The third kappa shape index (κ3) is 4.26. The molecule has 0 saturated carbocycles. The van der Waals surface area contributed by atoms with Crippen LogP contribution in [0.25, 0.3) is 32.0 Å². The molecule has 0 atom stereocenters. The molecule has 0 aliphatic rings. The molecule has 0 spiro atoms. The molecule has 33 heavy (non-hydrogen) atoms. The third-order valence-electron chi connectivity index (χ3n) is 5.24. The number of hydrogen-bond donors (Lipinski definition) is 3. The van der Waals surface area contributed by atoms with E-state index in [1.165, 1.54) is 6.33 Å². The first-order valence-corrected chi connectivity index (χ1v) is 11.1. The smallest absolute Gasteiger partial charge is 0.319 e. The van der Waals surface area contributed by atoms with Gasteiger partial charge in [-0.3, -0.25) is 0 Å². The molecule has 0 radical (unpaired) electrons. The molecule has 9 heteroatoms. The molecule has 0 fully saturated rings. The molecule has 0 bridgehead atoms. The Labute approximate surface area is 194 Å². The van der Waals surface area contributed by atoms with E-state index >= 15 is 0 Å². The topological polar surface area (TPSA) is 111 Å². The van der Waals surface area contributed by atoms with Crippen molar-refractivity contribution in [3.63, 3.8) is 0 Å². The highest BCUT2D eigenvalue weighted by Gasteiger charge is 2.17. The lowest BCUT2D eigenvalue weighted by molar-refractivity contribution is 0.251. The van der Waals surface area contributed by atoms with Crippen molar-refractivity contribution in [2.45, 2.75) is 6.54 Å². The highest BCUT2D eigenvalue weighted by Crippen LogP contribution is 2.38. The number of aromatic nitrogens is 4. The average Bonchev–Trinajstić information content (AvgIpc) is 3.43. The van der Waals surface area contributed by atoms with Crippen molar-refractivity contribution in [2.24, 2.45) is 7.05 Å². The summed E-state index contributed by atoms with van der Waals surface area (Å²) < 4.78 is 1.98. The quantitative estimate of drug-likeness (QED) is 0.357. The van der Waals surface area contributed by atoms with Gasteiger partial charge in [0, 0.05) is 24.8 Å². The number of carbonyl (C=O) groups excluding carboxylic acids is 1. The van der Waals surface area contributed by atoms with Crippen LogP contribution in [0.2, 0.25) is 0 Å². The Hall–Kier alpha value is -4.24. The van der Waals surface area contributed by atoms with Crippen LogP contribution in [0, 0.1) is 0 Å². The second-order valence-corrected chi connectivity index (χ2v) is 8.54. The number of carbonyl (C=O) groups is 1. The predicted molar refractivity (Wildman–Crippen MR) is 132 cm³/mol. The standard InChI is InChI=1S/C24H21N7OS/c1-31-14-29-20(21(31)19-11-18-22(25)27-13-28-23(18)33-19)16-7-9-17(10-8-16)30-24(32)26-12-15-5-3-2-4-6-15/h2-11,13-14H,12H2,1H3,(H2,25,27,28)(H2,26,30,32). The number of amides is 2. The lowest BCUT2D eigenvalue weighted by atomic mass is 10.1. The second-order valence-electron chi connectivity index (χ2n) is 7.51. The number of hydrogen-bond acceptors (Lipinski definition) is 6. The minimum atomic E-state index is -0.255. The van der Waals surface area contributed by atoms with Gasteiger partial charge in [-0.2, -0.15) is 0 Å². The Morgan fingerprint density at radius 2 is 1.85 bits per heavy atom. The lowest BCUT2D eigenvalue weighted by Gasteiger charge is -2.09. The van der Waals surface area contributed by atoms with E-state index in [4.69, 9.17) is 5.73 Å². The number of nitrogens with two attached hydrogens (primary N) is 1. The molecule has 5 rings (SSSR count). The monoisotopic (exact) mass is 455 g/mol. The fourth-order valence-electron chi connectivity index (χ4n) is 3.59. The first-order chi connectivity index (χ1) is 16.1. The number of nitrogens with one attached hydrogen (secondary N) is 2. The van der Waals surface area contributed by atoms with Crippen molar-refractivity contribution in [3.8, 4) is 21.8 Å². The number of anilines is 2. The number of rotatable bonds is 5. The van der Waals surface area contributed by atoms with Crippen LogP contribution in [-0.4, -0.2) is 25.6 Å². The molecule has 0 aliphatic carbocycles. The molecule has 0 unspecified atom stereocenters. The van der Waals surface area contributed by atoms with Crippen molar-refractivity contribution >= 4 is 39.1 Å². The van der Waals surface area contributed by atoms with Crippen molar-refractivity contribution in [1.29, 1.82) is 0 Å². The number of benzene rings is 2. The average molecular weight is 456 g/mol. The van der Waals surface area contributed by atoms with Gasteiger partial charge in [0.15, 0.2) is 0 Å². The summed E-state index contributed by atoms with van der Waals surface area (Å²) in [6.07, 6.45) is 3.26. The summed E-state index contributed by atoms with van der Waals surface area (Å²) in [6, 6.07) is 19.1. The molecular formula is C24H21N7OS. The van der Waals surface area contributed by atoms with Crippen LogP contribution in [0.5, 0.6) is 0 Å². The number of fused-ring (bicyclic) bond motifs is 1. The maximum absolute atomic E-state index is 12.2. The van der Waals surface area contributed by atoms with Crippen LogP contribution in [0.3, 0.4) is 0 Å². The van der Waals surface area contributed by atoms with Gasteiger partial charge in [-0.1, -0.05) is 42.5 Å². The number of urea groups is 1. The summed E-state index contributed by atoms with van der Waals surface area (Å²) in [7, 11) is 1.96. The zero-order valence-electron chi connectivity index (χ0n) is 17.8. The molecule has 5 aromatic rings. The molecule has 4 N–H and O–H groups in total. The summed E-state index contributed by atoms with van der Waals surface area (Å²) in [6.45, 7) is 0.464. The van der Waals surface area contributed by atoms with Crippen molar-refractivity contribution in [1.82, 2.24) is 24.8 Å². The maximum Gasteiger partial charge on any atom is 0.319 e.